The first kappa shape index (κ1) is 12.7. The third-order valence-corrected chi connectivity index (χ3v) is 6.84. The van der Waals surface area contributed by atoms with Crippen LogP contribution in [0.4, 0.5) is 0 Å². The van der Waals surface area contributed by atoms with Crippen LogP contribution in [-0.2, 0) is 11.0 Å². The first-order valence-electron chi connectivity index (χ1n) is 7.54. The maximum absolute atomic E-state index is 11.0. The lowest BCUT2D eigenvalue weighted by Crippen LogP contribution is -2.34. The lowest BCUT2D eigenvalue weighted by Gasteiger charge is -2.36. The van der Waals surface area contributed by atoms with Gasteiger partial charge in [0.05, 0.1) is 17.1 Å². The van der Waals surface area contributed by atoms with Crippen LogP contribution >= 0.6 is 11.8 Å². The summed E-state index contributed by atoms with van der Waals surface area (Å²) < 4.78 is 0. The van der Waals surface area contributed by atoms with Crippen molar-refractivity contribution in [2.24, 2.45) is 0 Å². The van der Waals surface area contributed by atoms with Crippen LogP contribution in [0, 0.1) is 11.3 Å². The van der Waals surface area contributed by atoms with Gasteiger partial charge < -0.3 is 5.11 Å². The molecule has 0 aromatic heterocycles. The Morgan fingerprint density at radius 3 is 2.10 bits per heavy atom. The average Bonchev–Trinajstić information content (AvgIpc) is 3.19. The number of fused-ring (bicyclic) bond motifs is 2. The van der Waals surface area contributed by atoms with Gasteiger partial charge in [-0.15, -0.1) is 0 Å². The minimum Gasteiger partial charge on any atom is -0.385 e. The van der Waals surface area contributed by atoms with Crippen LogP contribution < -0.4 is 0 Å². The second-order valence-electron chi connectivity index (χ2n) is 6.67. The van der Waals surface area contributed by atoms with Gasteiger partial charge in [-0.05, 0) is 49.7 Å². The van der Waals surface area contributed by atoms with Crippen molar-refractivity contribution in [2.45, 2.75) is 60.0 Å². The Labute approximate surface area is 124 Å². The summed E-state index contributed by atoms with van der Waals surface area (Å²) in [5.74, 6) is 0. The van der Waals surface area contributed by atoms with Gasteiger partial charge in [0.25, 0.3) is 0 Å². The van der Waals surface area contributed by atoms with E-state index in [-0.39, 0.29) is 5.41 Å². The number of nitriles is 1. The van der Waals surface area contributed by atoms with E-state index in [0.717, 1.165) is 36.8 Å². The first-order chi connectivity index (χ1) is 9.63. The van der Waals surface area contributed by atoms with E-state index in [2.05, 4.69) is 42.1 Å². The molecule has 104 valence electrons. The van der Waals surface area contributed by atoms with Crippen LogP contribution in [0.15, 0.2) is 24.3 Å². The molecule has 0 radical (unpaired) electrons. The van der Waals surface area contributed by atoms with E-state index >= 15 is 0 Å². The van der Waals surface area contributed by atoms with Gasteiger partial charge in [-0.2, -0.15) is 17.0 Å². The Morgan fingerprint density at radius 2 is 1.60 bits per heavy atom. The molecule has 2 bridgehead atoms. The third-order valence-electron chi connectivity index (χ3n) is 5.27. The zero-order valence-corrected chi connectivity index (χ0v) is 12.3. The summed E-state index contributed by atoms with van der Waals surface area (Å²) in [4.78, 5) is 0. The Bertz CT molecular complexity index is 558. The second-order valence-corrected chi connectivity index (χ2v) is 8.27. The molecule has 1 aromatic carbocycles. The standard InChI is InChI=1S/C17H19NOS/c18-11-16(7-8-16)12-1-3-13(4-2-12)17(19)9-14-5-6-15(10-17)20-14/h1-4,14-15,19H,5-10H2. The minimum atomic E-state index is -0.640. The number of aliphatic hydroxyl groups is 1. The predicted molar refractivity (Wildman–Crippen MR) is 80.5 cm³/mol. The van der Waals surface area contributed by atoms with Crippen LogP contribution in [0.1, 0.15) is 49.7 Å². The number of rotatable bonds is 2. The normalized spacial score (nSPS) is 37.4. The van der Waals surface area contributed by atoms with Crippen molar-refractivity contribution in [1.82, 2.24) is 0 Å². The van der Waals surface area contributed by atoms with Crippen molar-refractivity contribution in [2.75, 3.05) is 0 Å². The second kappa shape index (κ2) is 4.26. The average molecular weight is 285 g/mol. The molecule has 1 saturated carbocycles. The number of nitrogens with zero attached hydrogens (tertiary/aromatic N) is 1. The summed E-state index contributed by atoms with van der Waals surface area (Å²) in [5.41, 5.74) is 1.31. The first-order valence-corrected chi connectivity index (χ1v) is 8.48. The molecule has 2 heterocycles. The van der Waals surface area contributed by atoms with Gasteiger partial charge in [0.15, 0.2) is 0 Å². The Morgan fingerprint density at radius 1 is 1.05 bits per heavy atom. The molecule has 2 saturated heterocycles. The lowest BCUT2D eigenvalue weighted by atomic mass is 9.84. The summed E-state index contributed by atoms with van der Waals surface area (Å²) in [6.45, 7) is 0. The molecule has 2 aliphatic heterocycles. The topological polar surface area (TPSA) is 44.0 Å². The Hall–Kier alpha value is -0.980. The van der Waals surface area contributed by atoms with Crippen LogP contribution in [0.3, 0.4) is 0 Å². The molecule has 4 rings (SSSR count). The van der Waals surface area contributed by atoms with Crippen molar-refractivity contribution < 1.29 is 5.11 Å². The number of benzene rings is 1. The largest absolute Gasteiger partial charge is 0.385 e. The Kier molecular flexibility index (Phi) is 2.71. The fraction of sp³-hybridized carbons (Fsp3) is 0.588. The van der Waals surface area contributed by atoms with Crippen molar-refractivity contribution >= 4 is 11.8 Å². The highest BCUT2D eigenvalue weighted by Gasteiger charge is 2.46. The molecule has 0 amide bonds. The van der Waals surface area contributed by atoms with Gasteiger partial charge in [0, 0.05) is 10.5 Å². The molecule has 2 nitrogen and oxygen atoms in total. The van der Waals surface area contributed by atoms with Gasteiger partial charge in [-0.25, -0.2) is 0 Å². The van der Waals surface area contributed by atoms with E-state index < -0.39 is 5.60 Å². The summed E-state index contributed by atoms with van der Waals surface area (Å²) in [5, 5.41) is 21.5. The highest BCUT2D eigenvalue weighted by Crippen LogP contribution is 2.52. The van der Waals surface area contributed by atoms with Crippen LogP contribution in [0.2, 0.25) is 0 Å². The molecule has 2 unspecified atom stereocenters. The van der Waals surface area contributed by atoms with Crippen LogP contribution in [0.25, 0.3) is 0 Å². The Balaban J connectivity index is 1.61. The van der Waals surface area contributed by atoms with Crippen LogP contribution in [0.5, 0.6) is 0 Å². The molecule has 1 aliphatic carbocycles. The van der Waals surface area contributed by atoms with E-state index in [9.17, 15) is 10.4 Å². The summed E-state index contributed by atoms with van der Waals surface area (Å²) in [6.07, 6.45) is 6.25. The summed E-state index contributed by atoms with van der Waals surface area (Å²) in [7, 11) is 0. The van der Waals surface area contributed by atoms with Crippen LogP contribution in [-0.4, -0.2) is 15.6 Å². The van der Waals surface area contributed by atoms with Gasteiger partial charge >= 0.3 is 0 Å². The van der Waals surface area contributed by atoms with E-state index in [1.807, 2.05) is 0 Å². The summed E-state index contributed by atoms with van der Waals surface area (Å²) >= 11 is 2.07. The fourth-order valence-corrected chi connectivity index (χ4v) is 5.67. The third kappa shape index (κ3) is 1.89. The SMILES string of the molecule is N#CC1(c2ccc(C3(O)CC4CCC(C3)S4)cc2)CC1. The predicted octanol–water partition coefficient (Wildman–Crippen LogP) is 3.49. The monoisotopic (exact) mass is 285 g/mol. The van der Waals surface area contributed by atoms with E-state index in [1.165, 1.54) is 12.8 Å². The molecular formula is C17H19NOS. The van der Waals surface area contributed by atoms with E-state index in [1.54, 1.807) is 0 Å². The zero-order chi connectivity index (χ0) is 13.8. The molecule has 3 heteroatoms. The van der Waals surface area contributed by atoms with Crippen molar-refractivity contribution in [3.63, 3.8) is 0 Å². The minimum absolute atomic E-state index is 0.220. The highest BCUT2D eigenvalue weighted by molar-refractivity contribution is 8.00. The lowest BCUT2D eigenvalue weighted by molar-refractivity contribution is 0.0196. The molecule has 1 aromatic rings. The summed E-state index contributed by atoms with van der Waals surface area (Å²) in [6, 6.07) is 10.7. The molecule has 1 N–H and O–H groups in total. The van der Waals surface area contributed by atoms with Gasteiger partial charge in [0.2, 0.25) is 0 Å². The molecule has 20 heavy (non-hydrogen) atoms. The van der Waals surface area contributed by atoms with Gasteiger partial charge in [0.1, 0.15) is 0 Å². The van der Waals surface area contributed by atoms with Crippen molar-refractivity contribution in [1.29, 1.82) is 5.26 Å². The van der Waals surface area contributed by atoms with E-state index in [0.29, 0.717) is 10.5 Å². The fourth-order valence-electron chi connectivity index (χ4n) is 3.84. The van der Waals surface area contributed by atoms with Crippen molar-refractivity contribution in [3.8, 4) is 6.07 Å². The number of hydrogen-bond donors (Lipinski definition) is 1. The molecule has 3 fully saturated rings. The molecule has 2 atom stereocenters. The van der Waals surface area contributed by atoms with Crippen molar-refractivity contribution in [3.05, 3.63) is 35.4 Å². The molecular weight excluding hydrogens is 266 g/mol. The van der Waals surface area contributed by atoms with Gasteiger partial charge in [-0.1, -0.05) is 24.3 Å². The molecule has 0 spiro atoms. The zero-order valence-electron chi connectivity index (χ0n) is 11.5. The highest BCUT2D eigenvalue weighted by atomic mass is 32.2. The van der Waals surface area contributed by atoms with E-state index in [4.69, 9.17) is 0 Å². The quantitative estimate of drug-likeness (QED) is 0.904. The smallest absolute Gasteiger partial charge is 0.0917 e. The maximum atomic E-state index is 11.0. The van der Waals surface area contributed by atoms with Gasteiger partial charge in [-0.3, -0.25) is 0 Å². The molecule has 3 aliphatic rings. The number of thioether (sulfide) groups is 1. The maximum Gasteiger partial charge on any atom is 0.0917 e. The number of hydrogen-bond acceptors (Lipinski definition) is 3.